The molecule has 0 aliphatic carbocycles. The molecule has 19 heavy (non-hydrogen) atoms. The molecule has 1 unspecified atom stereocenters. The van der Waals surface area contributed by atoms with Gasteiger partial charge in [-0.2, -0.15) is 5.10 Å². The molecule has 0 saturated carbocycles. The predicted molar refractivity (Wildman–Crippen MR) is 71.8 cm³/mol. The quantitative estimate of drug-likeness (QED) is 0.852. The molecule has 3 rings (SSSR count). The van der Waals surface area contributed by atoms with Crippen LogP contribution in [0.3, 0.4) is 0 Å². The summed E-state index contributed by atoms with van der Waals surface area (Å²) in [6, 6.07) is 0. The van der Waals surface area contributed by atoms with E-state index in [0.717, 1.165) is 17.3 Å². The number of aliphatic hydroxyl groups excluding tert-OH is 1. The van der Waals surface area contributed by atoms with Gasteiger partial charge in [-0.15, -0.1) is 0 Å². The number of likely N-dealkylation sites (tertiary alicyclic amines) is 1. The van der Waals surface area contributed by atoms with E-state index in [1.54, 1.807) is 21.8 Å². The van der Waals surface area contributed by atoms with E-state index in [2.05, 4.69) is 26.0 Å². The lowest BCUT2D eigenvalue weighted by Crippen LogP contribution is -2.42. The van der Waals surface area contributed by atoms with Gasteiger partial charge in [-0.25, -0.2) is 9.50 Å². The van der Waals surface area contributed by atoms with Crippen LogP contribution in [0.4, 0.5) is 0 Å². The number of fused-ring (bicyclic) bond motifs is 1. The van der Waals surface area contributed by atoms with Gasteiger partial charge in [-0.1, -0.05) is 0 Å². The second kappa shape index (κ2) is 4.90. The maximum absolute atomic E-state index is 12.4. The van der Waals surface area contributed by atoms with E-state index < -0.39 is 6.10 Å². The van der Waals surface area contributed by atoms with Gasteiger partial charge in [0.2, 0.25) is 0 Å². The van der Waals surface area contributed by atoms with Crippen LogP contribution in [-0.2, 0) is 0 Å². The standard InChI is InChI=1S/C12H13BrN4O2/c13-8-4-14-11-10(5-15-17(11)6-8)12(19)16-3-1-2-9(18)7-16/h4-6,9,18H,1-3,7H2. The molecular weight excluding hydrogens is 312 g/mol. The van der Waals surface area contributed by atoms with Crippen LogP contribution in [0.5, 0.6) is 0 Å². The molecule has 1 amide bonds. The first-order valence-electron chi connectivity index (χ1n) is 6.11. The van der Waals surface area contributed by atoms with Crippen molar-refractivity contribution in [3.05, 3.63) is 28.6 Å². The largest absolute Gasteiger partial charge is 0.391 e. The molecule has 0 bridgehead atoms. The number of hydrogen-bond acceptors (Lipinski definition) is 4. The second-order valence-corrected chi connectivity index (χ2v) is 5.56. The van der Waals surface area contributed by atoms with Crippen molar-refractivity contribution in [3.8, 4) is 0 Å². The summed E-state index contributed by atoms with van der Waals surface area (Å²) in [5.74, 6) is -0.122. The van der Waals surface area contributed by atoms with Crippen LogP contribution >= 0.6 is 15.9 Å². The maximum atomic E-state index is 12.4. The van der Waals surface area contributed by atoms with E-state index >= 15 is 0 Å². The molecule has 3 heterocycles. The summed E-state index contributed by atoms with van der Waals surface area (Å²) in [4.78, 5) is 18.3. The smallest absolute Gasteiger partial charge is 0.259 e. The molecule has 0 aromatic carbocycles. The Labute approximate surface area is 118 Å². The monoisotopic (exact) mass is 324 g/mol. The van der Waals surface area contributed by atoms with Crippen molar-refractivity contribution < 1.29 is 9.90 Å². The van der Waals surface area contributed by atoms with Crippen molar-refractivity contribution in [1.29, 1.82) is 0 Å². The lowest BCUT2D eigenvalue weighted by molar-refractivity contribution is 0.0475. The first-order valence-corrected chi connectivity index (χ1v) is 6.90. The highest BCUT2D eigenvalue weighted by Gasteiger charge is 2.25. The zero-order chi connectivity index (χ0) is 13.4. The normalized spacial score (nSPS) is 19.9. The summed E-state index contributed by atoms with van der Waals surface area (Å²) in [6.45, 7) is 1.05. The summed E-state index contributed by atoms with van der Waals surface area (Å²) in [6.07, 6.45) is 6.07. The van der Waals surface area contributed by atoms with E-state index in [-0.39, 0.29) is 5.91 Å². The Morgan fingerprint density at radius 2 is 2.32 bits per heavy atom. The molecule has 0 radical (unpaired) electrons. The summed E-state index contributed by atoms with van der Waals surface area (Å²) >= 11 is 3.31. The molecule has 7 heteroatoms. The van der Waals surface area contributed by atoms with Gasteiger partial charge in [0.15, 0.2) is 5.65 Å². The maximum Gasteiger partial charge on any atom is 0.259 e. The molecule has 0 spiro atoms. The van der Waals surface area contributed by atoms with Crippen LogP contribution in [0.1, 0.15) is 23.2 Å². The van der Waals surface area contributed by atoms with Crippen LogP contribution in [0.2, 0.25) is 0 Å². The number of nitrogens with zero attached hydrogens (tertiary/aromatic N) is 4. The lowest BCUT2D eigenvalue weighted by atomic mass is 10.1. The number of aliphatic hydroxyl groups is 1. The minimum absolute atomic E-state index is 0.122. The van der Waals surface area contributed by atoms with Gasteiger partial charge in [0.1, 0.15) is 5.56 Å². The summed E-state index contributed by atoms with van der Waals surface area (Å²) in [5.41, 5.74) is 1.01. The third-order valence-electron chi connectivity index (χ3n) is 3.24. The highest BCUT2D eigenvalue weighted by molar-refractivity contribution is 9.10. The topological polar surface area (TPSA) is 70.7 Å². The zero-order valence-corrected chi connectivity index (χ0v) is 11.7. The Hall–Kier alpha value is -1.47. The van der Waals surface area contributed by atoms with Gasteiger partial charge in [0, 0.05) is 25.5 Å². The van der Waals surface area contributed by atoms with Gasteiger partial charge in [0.05, 0.1) is 16.8 Å². The molecule has 1 saturated heterocycles. The van der Waals surface area contributed by atoms with Crippen molar-refractivity contribution in [2.75, 3.05) is 13.1 Å². The molecule has 6 nitrogen and oxygen atoms in total. The second-order valence-electron chi connectivity index (χ2n) is 4.65. The van der Waals surface area contributed by atoms with Gasteiger partial charge < -0.3 is 10.0 Å². The molecule has 1 N–H and O–H groups in total. The molecule has 1 aliphatic heterocycles. The minimum Gasteiger partial charge on any atom is -0.391 e. The van der Waals surface area contributed by atoms with E-state index in [0.29, 0.717) is 24.3 Å². The summed E-state index contributed by atoms with van der Waals surface area (Å²) < 4.78 is 2.37. The Morgan fingerprint density at radius 1 is 1.47 bits per heavy atom. The number of amides is 1. The Morgan fingerprint density at radius 3 is 3.11 bits per heavy atom. The predicted octanol–water partition coefficient (Wildman–Crippen LogP) is 1.09. The fraction of sp³-hybridized carbons (Fsp3) is 0.417. The lowest BCUT2D eigenvalue weighted by Gasteiger charge is -2.29. The number of halogens is 1. The van der Waals surface area contributed by atoms with Crippen LogP contribution in [0.25, 0.3) is 5.65 Å². The van der Waals surface area contributed by atoms with Crippen LogP contribution < -0.4 is 0 Å². The van der Waals surface area contributed by atoms with E-state index in [1.807, 2.05) is 0 Å². The highest BCUT2D eigenvalue weighted by Crippen LogP contribution is 2.17. The van der Waals surface area contributed by atoms with Gasteiger partial charge in [0.25, 0.3) is 5.91 Å². The van der Waals surface area contributed by atoms with Crippen molar-refractivity contribution in [1.82, 2.24) is 19.5 Å². The third kappa shape index (κ3) is 2.35. The molecule has 100 valence electrons. The van der Waals surface area contributed by atoms with Crippen molar-refractivity contribution in [2.45, 2.75) is 18.9 Å². The van der Waals surface area contributed by atoms with E-state index in [9.17, 15) is 9.90 Å². The average Bonchev–Trinajstić information content (AvgIpc) is 2.80. The Bertz CT molecular complexity index is 627. The van der Waals surface area contributed by atoms with E-state index in [1.165, 1.54) is 6.20 Å². The van der Waals surface area contributed by atoms with Gasteiger partial charge >= 0.3 is 0 Å². The molecular formula is C12H13BrN4O2. The number of rotatable bonds is 1. The third-order valence-corrected chi connectivity index (χ3v) is 3.65. The number of piperidine rings is 1. The SMILES string of the molecule is O=C(c1cnn2cc(Br)cnc12)N1CCCC(O)C1. The summed E-state index contributed by atoms with van der Waals surface area (Å²) in [5, 5.41) is 13.8. The molecule has 2 aromatic heterocycles. The average molecular weight is 325 g/mol. The zero-order valence-electron chi connectivity index (χ0n) is 10.2. The van der Waals surface area contributed by atoms with E-state index in [4.69, 9.17) is 0 Å². The van der Waals surface area contributed by atoms with Crippen molar-refractivity contribution in [2.24, 2.45) is 0 Å². The number of hydrogen-bond donors (Lipinski definition) is 1. The number of carbonyl (C=O) groups is 1. The number of aromatic nitrogens is 3. The Balaban J connectivity index is 1.93. The number of β-amino-alcohol motifs (C(OH)–C–C–N with tert-alkyl or cyclic N) is 1. The van der Waals surface area contributed by atoms with Crippen LogP contribution in [-0.4, -0.2) is 49.7 Å². The Kier molecular flexibility index (Phi) is 3.24. The first kappa shape index (κ1) is 12.6. The molecule has 2 aromatic rings. The van der Waals surface area contributed by atoms with Crippen LogP contribution in [0, 0.1) is 0 Å². The van der Waals surface area contributed by atoms with Gasteiger partial charge in [-0.3, -0.25) is 4.79 Å². The number of carbonyl (C=O) groups excluding carboxylic acids is 1. The fourth-order valence-electron chi connectivity index (χ4n) is 2.31. The van der Waals surface area contributed by atoms with Gasteiger partial charge in [-0.05, 0) is 28.8 Å². The molecule has 1 aliphatic rings. The minimum atomic E-state index is -0.429. The summed E-state index contributed by atoms with van der Waals surface area (Å²) in [7, 11) is 0. The van der Waals surface area contributed by atoms with Crippen LogP contribution in [0.15, 0.2) is 23.1 Å². The molecule has 1 atom stereocenters. The van der Waals surface area contributed by atoms with Crippen molar-refractivity contribution >= 4 is 27.5 Å². The first-order chi connectivity index (χ1) is 9.15. The highest BCUT2D eigenvalue weighted by atomic mass is 79.9. The molecule has 1 fully saturated rings. The van der Waals surface area contributed by atoms with Crippen molar-refractivity contribution in [3.63, 3.8) is 0 Å². The fourth-order valence-corrected chi connectivity index (χ4v) is 2.61.